The molecule has 2 heterocycles. The number of fused-ring (bicyclic) bond motifs is 1. The normalized spacial score (nSPS) is 16.9. The zero-order valence-corrected chi connectivity index (χ0v) is 13.3. The minimum absolute atomic E-state index is 0.133. The lowest BCUT2D eigenvalue weighted by Crippen LogP contribution is -2.40. The molecule has 8 nitrogen and oxygen atoms in total. The summed E-state index contributed by atoms with van der Waals surface area (Å²) < 4.78 is 7.17. The maximum absolute atomic E-state index is 12.8. The van der Waals surface area contributed by atoms with Crippen LogP contribution in [0, 0.1) is 0 Å². The highest BCUT2D eigenvalue weighted by molar-refractivity contribution is 5.95. The van der Waals surface area contributed by atoms with Gasteiger partial charge < -0.3 is 14.7 Å². The maximum atomic E-state index is 12.8. The smallest absolute Gasteiger partial charge is 0.331 e. The molecule has 1 atom stereocenters. The third-order valence-electron chi connectivity index (χ3n) is 3.82. The Bertz CT molecular complexity index is 758. The predicted octanol–water partition coefficient (Wildman–Crippen LogP) is 1.35. The Morgan fingerprint density at radius 1 is 1.38 bits per heavy atom. The number of carbonyl (C=O) groups is 2. The van der Waals surface area contributed by atoms with Gasteiger partial charge in [0, 0.05) is 12.1 Å². The molecule has 0 fully saturated rings. The van der Waals surface area contributed by atoms with E-state index >= 15 is 0 Å². The average Bonchev–Trinajstić information content (AvgIpc) is 2.94. The number of carboxylic acid groups (broad SMARTS) is 1. The molecule has 1 aromatic heterocycles. The van der Waals surface area contributed by atoms with E-state index in [4.69, 9.17) is 4.74 Å². The molecule has 1 N–H and O–H groups in total. The molecule has 1 unspecified atom stereocenters. The summed E-state index contributed by atoms with van der Waals surface area (Å²) in [5.74, 6) is -1.10. The molecule has 3 rings (SSSR count). The highest BCUT2D eigenvalue weighted by Gasteiger charge is 2.36. The fourth-order valence-electron chi connectivity index (χ4n) is 2.76. The number of para-hydroxylation sites is 1. The van der Waals surface area contributed by atoms with Gasteiger partial charge in [-0.15, -0.1) is 5.10 Å². The van der Waals surface area contributed by atoms with Gasteiger partial charge in [-0.2, -0.15) is 0 Å². The van der Waals surface area contributed by atoms with Gasteiger partial charge in [-0.1, -0.05) is 30.3 Å². The van der Waals surface area contributed by atoms with Crippen LogP contribution >= 0.6 is 0 Å². The van der Waals surface area contributed by atoms with Crippen molar-refractivity contribution in [1.29, 1.82) is 0 Å². The molecule has 0 aliphatic carbocycles. The Balaban J connectivity index is 1.95. The largest absolute Gasteiger partial charge is 0.491 e. The van der Waals surface area contributed by atoms with E-state index in [9.17, 15) is 14.7 Å². The number of hydrogen-bond donors (Lipinski definition) is 1. The second-order valence-corrected chi connectivity index (χ2v) is 5.49. The Morgan fingerprint density at radius 3 is 2.92 bits per heavy atom. The van der Waals surface area contributed by atoms with E-state index in [0.717, 1.165) is 6.42 Å². The minimum Gasteiger partial charge on any atom is -0.491 e. The number of ether oxygens (including phenoxy) is 1. The lowest BCUT2D eigenvalue weighted by Gasteiger charge is -2.25. The molecule has 0 saturated carbocycles. The summed E-state index contributed by atoms with van der Waals surface area (Å²) in [5, 5.41) is 17.5. The van der Waals surface area contributed by atoms with Crippen molar-refractivity contribution in [2.75, 3.05) is 13.2 Å². The summed E-state index contributed by atoms with van der Waals surface area (Å²) in [7, 11) is 0. The number of carbonyl (C=O) groups excluding carboxylic acids is 1. The lowest BCUT2D eigenvalue weighted by atomic mass is 10.0. The van der Waals surface area contributed by atoms with Crippen molar-refractivity contribution in [3.63, 3.8) is 0 Å². The van der Waals surface area contributed by atoms with Crippen LogP contribution in [0.25, 0.3) is 0 Å². The van der Waals surface area contributed by atoms with Crippen LogP contribution in [-0.2, 0) is 11.3 Å². The van der Waals surface area contributed by atoms with Crippen molar-refractivity contribution in [3.05, 3.63) is 41.7 Å². The van der Waals surface area contributed by atoms with Crippen LogP contribution in [0.15, 0.2) is 30.5 Å². The summed E-state index contributed by atoms with van der Waals surface area (Å²) >= 11 is 0. The third-order valence-corrected chi connectivity index (χ3v) is 3.82. The van der Waals surface area contributed by atoms with Crippen LogP contribution < -0.4 is 4.74 Å². The van der Waals surface area contributed by atoms with Crippen molar-refractivity contribution in [2.45, 2.75) is 25.9 Å². The van der Waals surface area contributed by atoms with Crippen LogP contribution in [0.5, 0.6) is 5.75 Å². The highest BCUT2D eigenvalue weighted by Crippen LogP contribution is 2.32. The van der Waals surface area contributed by atoms with Crippen LogP contribution in [-0.4, -0.2) is 50.0 Å². The van der Waals surface area contributed by atoms with Gasteiger partial charge in [0.05, 0.1) is 12.7 Å². The molecule has 0 saturated heterocycles. The molecule has 1 aliphatic heterocycles. The molecule has 1 amide bonds. The summed E-state index contributed by atoms with van der Waals surface area (Å²) in [6.07, 6.45) is 2.40. The van der Waals surface area contributed by atoms with Gasteiger partial charge in [0.2, 0.25) is 0 Å². The molecule has 0 spiro atoms. The van der Waals surface area contributed by atoms with E-state index < -0.39 is 17.9 Å². The second kappa shape index (κ2) is 6.69. The van der Waals surface area contributed by atoms with Gasteiger partial charge >= 0.3 is 5.97 Å². The first-order valence-electron chi connectivity index (χ1n) is 7.77. The van der Waals surface area contributed by atoms with Crippen LogP contribution in [0.3, 0.4) is 0 Å². The van der Waals surface area contributed by atoms with Crippen LogP contribution in [0.2, 0.25) is 0 Å². The number of benzene rings is 1. The molecule has 24 heavy (non-hydrogen) atoms. The standard InChI is InChI=1S/C16H18N4O4/c1-2-7-19-10-12(17-18-19)15(21)20-8-9-24-13-6-4-3-5-11(13)14(20)16(22)23/h3-6,10,14H,2,7-9H2,1H3,(H,22,23). The van der Waals surface area contributed by atoms with E-state index in [1.54, 1.807) is 35.1 Å². The molecule has 8 heteroatoms. The quantitative estimate of drug-likeness (QED) is 0.909. The number of aryl methyl sites for hydroxylation is 1. The van der Waals surface area contributed by atoms with E-state index in [1.165, 1.54) is 4.90 Å². The fraction of sp³-hybridized carbons (Fsp3) is 0.375. The Labute approximate surface area is 138 Å². The van der Waals surface area contributed by atoms with E-state index in [-0.39, 0.29) is 18.8 Å². The molecule has 1 aliphatic rings. The van der Waals surface area contributed by atoms with Gasteiger partial charge in [-0.25, -0.2) is 4.79 Å². The number of amides is 1. The van der Waals surface area contributed by atoms with Crippen LogP contribution in [0.1, 0.15) is 35.4 Å². The van der Waals surface area contributed by atoms with E-state index in [0.29, 0.717) is 17.9 Å². The monoisotopic (exact) mass is 330 g/mol. The lowest BCUT2D eigenvalue weighted by molar-refractivity contribution is -0.142. The first-order valence-corrected chi connectivity index (χ1v) is 7.77. The molecule has 0 bridgehead atoms. The van der Waals surface area contributed by atoms with Gasteiger partial charge in [0.1, 0.15) is 12.4 Å². The second-order valence-electron chi connectivity index (χ2n) is 5.49. The van der Waals surface area contributed by atoms with E-state index in [1.807, 2.05) is 6.92 Å². The summed E-state index contributed by atoms with van der Waals surface area (Å²) in [6, 6.07) is 5.74. The topological polar surface area (TPSA) is 97.5 Å². The van der Waals surface area contributed by atoms with Gasteiger partial charge in [-0.05, 0) is 12.5 Å². The molecule has 0 radical (unpaired) electrons. The van der Waals surface area contributed by atoms with Gasteiger partial charge in [0.25, 0.3) is 5.91 Å². The van der Waals surface area contributed by atoms with Crippen molar-refractivity contribution >= 4 is 11.9 Å². The molecular weight excluding hydrogens is 312 g/mol. The SMILES string of the molecule is CCCn1cc(C(=O)N2CCOc3ccccc3C2C(=O)O)nn1. The number of hydrogen-bond acceptors (Lipinski definition) is 5. The summed E-state index contributed by atoms with van der Waals surface area (Å²) in [5.41, 5.74) is 0.589. The summed E-state index contributed by atoms with van der Waals surface area (Å²) in [4.78, 5) is 25.9. The first-order chi connectivity index (χ1) is 11.6. The fourth-order valence-corrected chi connectivity index (χ4v) is 2.76. The Morgan fingerprint density at radius 2 is 2.17 bits per heavy atom. The molecule has 2 aromatic rings. The number of carboxylic acids is 1. The average molecular weight is 330 g/mol. The molecule has 1 aromatic carbocycles. The number of aliphatic carboxylic acids is 1. The van der Waals surface area contributed by atoms with Crippen molar-refractivity contribution in [2.24, 2.45) is 0 Å². The van der Waals surface area contributed by atoms with Crippen LogP contribution in [0.4, 0.5) is 0 Å². The first kappa shape index (κ1) is 16.0. The zero-order valence-electron chi connectivity index (χ0n) is 13.3. The van der Waals surface area contributed by atoms with Gasteiger partial charge in [0.15, 0.2) is 11.7 Å². The highest BCUT2D eigenvalue weighted by atomic mass is 16.5. The number of aromatic nitrogens is 3. The summed E-state index contributed by atoms with van der Waals surface area (Å²) in [6.45, 7) is 3.02. The maximum Gasteiger partial charge on any atom is 0.331 e. The number of nitrogens with zero attached hydrogens (tertiary/aromatic N) is 4. The Kier molecular flexibility index (Phi) is 4.45. The molecular formula is C16H18N4O4. The Hall–Kier alpha value is -2.90. The zero-order chi connectivity index (χ0) is 17.1. The van der Waals surface area contributed by atoms with E-state index in [2.05, 4.69) is 10.3 Å². The van der Waals surface area contributed by atoms with Gasteiger partial charge in [-0.3, -0.25) is 9.48 Å². The molecule has 126 valence electrons. The van der Waals surface area contributed by atoms with Crippen molar-refractivity contribution in [1.82, 2.24) is 19.9 Å². The van der Waals surface area contributed by atoms with Crippen molar-refractivity contribution < 1.29 is 19.4 Å². The van der Waals surface area contributed by atoms with Crippen molar-refractivity contribution in [3.8, 4) is 5.75 Å². The number of rotatable bonds is 4. The minimum atomic E-state index is -1.12. The third kappa shape index (κ3) is 2.94. The predicted molar refractivity (Wildman–Crippen MR) is 83.7 cm³/mol.